The Hall–Kier alpha value is -1.56. The first kappa shape index (κ1) is 54.6. The Morgan fingerprint density at radius 1 is 0.200 bits per heavy atom. The highest BCUT2D eigenvalue weighted by Gasteiger charge is 2.11. The van der Waals surface area contributed by atoms with E-state index in [9.17, 15) is 0 Å². The third kappa shape index (κ3) is 28.9. The molecular formula is C60H106. The monoisotopic (exact) mass is 827 g/mol. The van der Waals surface area contributed by atoms with Gasteiger partial charge >= 0.3 is 0 Å². The van der Waals surface area contributed by atoms with Gasteiger partial charge in [0.2, 0.25) is 0 Å². The normalized spacial score (nSPS) is 11.6. The zero-order chi connectivity index (χ0) is 42.8. The highest BCUT2D eigenvalue weighted by molar-refractivity contribution is 5.37. The van der Waals surface area contributed by atoms with Crippen LogP contribution in [0.3, 0.4) is 0 Å². The first-order chi connectivity index (χ1) is 29.7. The molecule has 0 atom stereocenters. The fraction of sp³-hybridized carbons (Fsp3) is 0.800. The van der Waals surface area contributed by atoms with Gasteiger partial charge in [-0.25, -0.2) is 0 Å². The maximum Gasteiger partial charge on any atom is -0.0273 e. The molecule has 2 aromatic rings. The summed E-state index contributed by atoms with van der Waals surface area (Å²) in [6.07, 6.45) is 61.6. The minimum Gasteiger partial charge on any atom is -0.0654 e. The molecule has 0 fully saturated rings. The van der Waals surface area contributed by atoms with Gasteiger partial charge in [-0.05, 0) is 110 Å². The molecule has 0 amide bonds. The molecule has 0 N–H and O–H groups in total. The smallest absolute Gasteiger partial charge is 0.0273 e. The van der Waals surface area contributed by atoms with Crippen LogP contribution >= 0.6 is 0 Å². The topological polar surface area (TPSA) is 0 Å². The zero-order valence-electron chi connectivity index (χ0n) is 41.6. The van der Waals surface area contributed by atoms with Crippen LogP contribution in [0.25, 0.3) is 0 Å². The third-order valence-corrected chi connectivity index (χ3v) is 14.0. The molecule has 0 heteroatoms. The minimum absolute atomic E-state index is 1.30. The van der Waals surface area contributed by atoms with Gasteiger partial charge < -0.3 is 0 Å². The van der Waals surface area contributed by atoms with Crippen LogP contribution in [-0.2, 0) is 38.5 Å². The average Bonchev–Trinajstić information content (AvgIpc) is 3.26. The summed E-state index contributed by atoms with van der Waals surface area (Å²) in [6.45, 7) is 9.31. The quantitative estimate of drug-likeness (QED) is 0.0584. The van der Waals surface area contributed by atoms with Crippen molar-refractivity contribution in [3.8, 4) is 0 Å². The Bertz CT molecular complexity index is 1100. The van der Waals surface area contributed by atoms with Gasteiger partial charge in [0.25, 0.3) is 0 Å². The molecule has 0 aliphatic rings. The second-order valence-electron chi connectivity index (χ2n) is 19.6. The van der Waals surface area contributed by atoms with Gasteiger partial charge in [-0.2, -0.15) is 0 Å². The molecule has 0 spiro atoms. The van der Waals surface area contributed by atoms with E-state index in [-0.39, 0.29) is 0 Å². The summed E-state index contributed by atoms with van der Waals surface area (Å²) >= 11 is 0. The Kier molecular flexibility index (Phi) is 37.7. The van der Waals surface area contributed by atoms with Crippen LogP contribution in [0.1, 0.15) is 305 Å². The summed E-state index contributed by atoms with van der Waals surface area (Å²) < 4.78 is 0. The Labute approximate surface area is 378 Å². The second kappa shape index (κ2) is 41.5. The van der Waals surface area contributed by atoms with Crippen molar-refractivity contribution in [2.75, 3.05) is 0 Å². The molecule has 60 heavy (non-hydrogen) atoms. The molecule has 0 radical (unpaired) electrons. The lowest BCUT2D eigenvalue weighted by atomic mass is 9.89. The first-order valence-corrected chi connectivity index (χ1v) is 27.9. The summed E-state index contributed by atoms with van der Waals surface area (Å²) in [5, 5.41) is 0. The van der Waals surface area contributed by atoms with Crippen LogP contribution in [0.4, 0.5) is 0 Å². The van der Waals surface area contributed by atoms with Crippen molar-refractivity contribution in [1.82, 2.24) is 0 Å². The van der Waals surface area contributed by atoms with Crippen LogP contribution in [0.5, 0.6) is 0 Å². The molecule has 0 aliphatic heterocycles. The van der Waals surface area contributed by atoms with E-state index in [4.69, 9.17) is 0 Å². The van der Waals surface area contributed by atoms with Crippen LogP contribution in [0, 0.1) is 0 Å². The zero-order valence-corrected chi connectivity index (χ0v) is 41.6. The highest BCUT2D eigenvalue weighted by atomic mass is 14.2. The van der Waals surface area contributed by atoms with Gasteiger partial charge in [0.15, 0.2) is 0 Å². The summed E-state index contributed by atoms with van der Waals surface area (Å²) in [6, 6.07) is 14.8. The van der Waals surface area contributed by atoms with E-state index in [1.54, 1.807) is 33.4 Å². The molecule has 0 unspecified atom stereocenters. The minimum atomic E-state index is 1.30. The Morgan fingerprint density at radius 2 is 0.367 bits per heavy atom. The molecule has 0 aromatic heterocycles. The number of rotatable bonds is 45. The Balaban J connectivity index is 1.83. The predicted octanol–water partition coefficient (Wildman–Crippen LogP) is 20.5. The number of aryl methyl sites for hydroxylation is 4. The van der Waals surface area contributed by atoms with E-state index in [2.05, 4.69) is 64.1 Å². The average molecular weight is 828 g/mol. The van der Waals surface area contributed by atoms with E-state index in [1.807, 2.05) is 0 Å². The molecule has 346 valence electrons. The van der Waals surface area contributed by atoms with Crippen LogP contribution in [0.2, 0.25) is 0 Å². The number of hydrogen-bond donors (Lipinski definition) is 0. The summed E-state index contributed by atoms with van der Waals surface area (Å²) in [7, 11) is 0. The van der Waals surface area contributed by atoms with E-state index in [0.29, 0.717) is 0 Å². The highest BCUT2D eigenvalue weighted by Crippen LogP contribution is 2.26. The lowest BCUT2D eigenvalue weighted by molar-refractivity contribution is 0.567. The van der Waals surface area contributed by atoms with E-state index >= 15 is 0 Å². The van der Waals surface area contributed by atoms with Gasteiger partial charge in [-0.3, -0.25) is 0 Å². The lowest BCUT2D eigenvalue weighted by Gasteiger charge is -2.16. The van der Waals surface area contributed by atoms with Crippen molar-refractivity contribution in [2.24, 2.45) is 0 Å². The van der Waals surface area contributed by atoms with E-state index in [1.165, 1.54) is 283 Å². The second-order valence-corrected chi connectivity index (χ2v) is 19.6. The van der Waals surface area contributed by atoms with Gasteiger partial charge in [0.05, 0.1) is 0 Å². The fourth-order valence-electron chi connectivity index (χ4n) is 10.1. The standard InChI is InChI=1S/C60H106/c1-5-9-13-17-21-25-31-37-45-55-49-43-51-57(59(55)53-41-35-27-23-19-15-11-7-3)47-39-33-29-30-34-40-48-58-52-44-50-56(46-38-32-26-22-18-14-10-6-2)60(58)54-42-36-28-24-20-16-12-8-4/h43-44,49-52H,5-42,45-48,53-54H2,1-4H3. The van der Waals surface area contributed by atoms with Crippen molar-refractivity contribution in [1.29, 1.82) is 0 Å². The fourth-order valence-corrected chi connectivity index (χ4v) is 10.1. The van der Waals surface area contributed by atoms with Crippen molar-refractivity contribution in [3.05, 3.63) is 69.8 Å². The van der Waals surface area contributed by atoms with Crippen LogP contribution in [0.15, 0.2) is 36.4 Å². The lowest BCUT2D eigenvalue weighted by Crippen LogP contribution is -2.02. The molecule has 0 nitrogen and oxygen atoms in total. The molecule has 0 bridgehead atoms. The molecule has 2 aromatic carbocycles. The molecule has 0 heterocycles. The summed E-state index contributed by atoms with van der Waals surface area (Å²) in [5.74, 6) is 0. The van der Waals surface area contributed by atoms with Gasteiger partial charge in [-0.1, -0.05) is 270 Å². The molecule has 0 aliphatic carbocycles. The largest absolute Gasteiger partial charge is 0.0654 e. The summed E-state index contributed by atoms with van der Waals surface area (Å²) in [4.78, 5) is 0. The van der Waals surface area contributed by atoms with Gasteiger partial charge in [0.1, 0.15) is 0 Å². The van der Waals surface area contributed by atoms with Crippen LogP contribution < -0.4 is 0 Å². The SMILES string of the molecule is CCCCCCCCCCc1cccc(CCCCCCCCc2cccc(CCCCCCCCCC)c2CCCCCCCCCC)c1CCCCCCCCCC. The molecule has 0 saturated heterocycles. The van der Waals surface area contributed by atoms with Gasteiger partial charge in [0, 0.05) is 0 Å². The maximum absolute atomic E-state index is 2.51. The molecule has 2 rings (SSSR count). The molecular weight excluding hydrogens is 721 g/mol. The number of hydrogen-bond acceptors (Lipinski definition) is 0. The number of unbranched alkanes of at least 4 members (excludes halogenated alkanes) is 33. The van der Waals surface area contributed by atoms with E-state index in [0.717, 1.165) is 0 Å². The van der Waals surface area contributed by atoms with Crippen molar-refractivity contribution in [3.63, 3.8) is 0 Å². The molecule has 0 saturated carbocycles. The first-order valence-electron chi connectivity index (χ1n) is 27.9. The summed E-state index contributed by atoms with van der Waals surface area (Å²) in [5.41, 5.74) is 10.3. The third-order valence-electron chi connectivity index (χ3n) is 14.0. The predicted molar refractivity (Wildman–Crippen MR) is 273 cm³/mol. The Morgan fingerprint density at radius 3 is 0.567 bits per heavy atom. The van der Waals surface area contributed by atoms with Crippen molar-refractivity contribution < 1.29 is 0 Å². The maximum atomic E-state index is 2.51. The van der Waals surface area contributed by atoms with Gasteiger partial charge in [-0.15, -0.1) is 0 Å². The van der Waals surface area contributed by atoms with Crippen molar-refractivity contribution in [2.45, 2.75) is 310 Å². The van der Waals surface area contributed by atoms with E-state index < -0.39 is 0 Å². The van der Waals surface area contributed by atoms with Crippen LogP contribution in [-0.4, -0.2) is 0 Å². The van der Waals surface area contributed by atoms with Crippen molar-refractivity contribution >= 4 is 0 Å². The number of benzene rings is 2.